The van der Waals surface area contributed by atoms with Crippen LogP contribution in [0.15, 0.2) is 24.3 Å². The second-order valence-corrected chi connectivity index (χ2v) is 8.21. The minimum Gasteiger partial charge on any atom is -0.465 e. The standard InChI is InChI=1S/C19H22ClN3O5/c1-19(2,3)23(18(26)27)15-9-28-16(24)8-13(15)22-17(25)14-7-10-6-11(20)4-5-12(10)21-14/h4-7,13,15,21H,8-9H2,1-3H3,(H,22,25)(H,26,27)/t13-,15-/m0/s1. The first-order chi connectivity index (χ1) is 13.1. The van der Waals surface area contributed by atoms with Crippen molar-refractivity contribution in [3.05, 3.63) is 35.0 Å². The van der Waals surface area contributed by atoms with Crippen molar-refractivity contribution in [2.24, 2.45) is 0 Å². The maximum absolute atomic E-state index is 12.8. The molecule has 9 heteroatoms. The minimum absolute atomic E-state index is 0.109. The highest BCUT2D eigenvalue weighted by Gasteiger charge is 2.42. The van der Waals surface area contributed by atoms with E-state index in [1.165, 1.54) is 4.90 Å². The molecule has 8 nitrogen and oxygen atoms in total. The molecule has 1 fully saturated rings. The average molecular weight is 408 g/mol. The summed E-state index contributed by atoms with van der Waals surface area (Å²) in [5.41, 5.74) is 0.310. The highest BCUT2D eigenvalue weighted by Crippen LogP contribution is 2.25. The van der Waals surface area contributed by atoms with Gasteiger partial charge >= 0.3 is 12.1 Å². The number of H-pyrrole nitrogens is 1. The molecular formula is C19H22ClN3O5. The predicted molar refractivity (Wildman–Crippen MR) is 104 cm³/mol. The van der Waals surface area contributed by atoms with Crippen molar-refractivity contribution < 1.29 is 24.2 Å². The van der Waals surface area contributed by atoms with Gasteiger partial charge in [-0.25, -0.2) is 4.79 Å². The number of halogens is 1. The van der Waals surface area contributed by atoms with Crippen LogP contribution in [-0.2, 0) is 9.53 Å². The highest BCUT2D eigenvalue weighted by molar-refractivity contribution is 6.31. The van der Waals surface area contributed by atoms with Gasteiger partial charge in [0.25, 0.3) is 5.91 Å². The molecule has 2 heterocycles. The first-order valence-corrected chi connectivity index (χ1v) is 9.21. The van der Waals surface area contributed by atoms with Crippen molar-refractivity contribution in [1.29, 1.82) is 0 Å². The van der Waals surface area contributed by atoms with Crippen LogP contribution in [0.4, 0.5) is 4.79 Å². The third-order valence-corrected chi connectivity index (χ3v) is 4.91. The molecule has 2 amide bonds. The van der Waals surface area contributed by atoms with Crippen LogP contribution in [-0.4, -0.2) is 57.2 Å². The summed E-state index contributed by atoms with van der Waals surface area (Å²) >= 11 is 5.98. The number of carbonyl (C=O) groups excluding carboxylic acids is 2. The Labute approximate surface area is 166 Å². The van der Waals surface area contributed by atoms with E-state index in [4.69, 9.17) is 16.3 Å². The number of aromatic amines is 1. The third kappa shape index (κ3) is 4.06. The first-order valence-electron chi connectivity index (χ1n) is 8.83. The Morgan fingerprint density at radius 1 is 1.32 bits per heavy atom. The van der Waals surface area contributed by atoms with Crippen LogP contribution in [0.25, 0.3) is 10.9 Å². The highest BCUT2D eigenvalue weighted by atomic mass is 35.5. The number of aromatic nitrogens is 1. The minimum atomic E-state index is -1.14. The van der Waals surface area contributed by atoms with Crippen LogP contribution >= 0.6 is 11.6 Å². The number of ether oxygens (including phenoxy) is 1. The number of esters is 1. The molecule has 1 aromatic heterocycles. The molecule has 3 N–H and O–H groups in total. The van der Waals surface area contributed by atoms with Crippen molar-refractivity contribution in [3.63, 3.8) is 0 Å². The van der Waals surface area contributed by atoms with E-state index >= 15 is 0 Å². The van der Waals surface area contributed by atoms with Gasteiger partial charge in [-0.2, -0.15) is 0 Å². The molecule has 150 valence electrons. The Balaban J connectivity index is 1.86. The van der Waals surface area contributed by atoms with Crippen LogP contribution in [0.1, 0.15) is 37.7 Å². The van der Waals surface area contributed by atoms with Gasteiger partial charge in [-0.3, -0.25) is 14.5 Å². The van der Waals surface area contributed by atoms with E-state index in [0.717, 1.165) is 10.9 Å². The van der Waals surface area contributed by atoms with Gasteiger partial charge in [0.05, 0.1) is 18.5 Å². The fraction of sp³-hybridized carbons (Fsp3) is 0.421. The quantitative estimate of drug-likeness (QED) is 0.677. The topological polar surface area (TPSA) is 112 Å². The second-order valence-electron chi connectivity index (χ2n) is 7.77. The van der Waals surface area contributed by atoms with E-state index in [-0.39, 0.29) is 13.0 Å². The lowest BCUT2D eigenvalue weighted by molar-refractivity contribution is -0.152. The third-order valence-electron chi connectivity index (χ3n) is 4.67. The number of amides is 2. The summed E-state index contributed by atoms with van der Waals surface area (Å²) in [6.07, 6.45) is -1.25. The molecule has 2 atom stereocenters. The largest absolute Gasteiger partial charge is 0.465 e. The molecule has 0 bridgehead atoms. The van der Waals surface area contributed by atoms with Crippen LogP contribution in [0, 0.1) is 0 Å². The molecule has 28 heavy (non-hydrogen) atoms. The van der Waals surface area contributed by atoms with E-state index in [2.05, 4.69) is 10.3 Å². The lowest BCUT2D eigenvalue weighted by Gasteiger charge is -2.44. The van der Waals surface area contributed by atoms with Gasteiger partial charge in [-0.15, -0.1) is 0 Å². The number of carbonyl (C=O) groups is 3. The molecule has 3 rings (SSSR count). The molecule has 0 spiro atoms. The maximum atomic E-state index is 12.8. The molecule has 1 aliphatic rings. The van der Waals surface area contributed by atoms with Gasteiger partial charge in [-0.1, -0.05) is 11.6 Å². The monoisotopic (exact) mass is 407 g/mol. The summed E-state index contributed by atoms with van der Waals surface area (Å²) in [7, 11) is 0. The maximum Gasteiger partial charge on any atom is 0.408 e. The van der Waals surface area contributed by atoms with E-state index in [9.17, 15) is 19.5 Å². The van der Waals surface area contributed by atoms with Gasteiger partial charge in [-0.05, 0) is 45.0 Å². The van der Waals surface area contributed by atoms with Gasteiger partial charge in [0.15, 0.2) is 0 Å². The number of fused-ring (bicyclic) bond motifs is 1. The Hall–Kier alpha value is -2.74. The number of benzene rings is 1. The van der Waals surface area contributed by atoms with E-state index in [1.54, 1.807) is 45.0 Å². The zero-order valence-electron chi connectivity index (χ0n) is 15.8. The molecule has 0 saturated carbocycles. The van der Waals surface area contributed by atoms with Crippen molar-refractivity contribution in [3.8, 4) is 0 Å². The molecule has 0 unspecified atom stereocenters. The van der Waals surface area contributed by atoms with E-state index < -0.39 is 35.6 Å². The fourth-order valence-corrected chi connectivity index (χ4v) is 3.65. The first kappa shape index (κ1) is 20.0. The zero-order valence-corrected chi connectivity index (χ0v) is 16.5. The molecule has 2 aromatic rings. The number of cyclic esters (lactones) is 1. The number of nitrogens with zero attached hydrogens (tertiary/aromatic N) is 1. The van der Waals surface area contributed by atoms with Gasteiger partial charge in [0.2, 0.25) is 0 Å². The Morgan fingerprint density at radius 3 is 2.68 bits per heavy atom. The van der Waals surface area contributed by atoms with Crippen LogP contribution in [0.3, 0.4) is 0 Å². The Bertz CT molecular complexity index is 933. The number of carboxylic acid groups (broad SMARTS) is 1. The predicted octanol–water partition coefficient (Wildman–Crippen LogP) is 3.01. The molecular weight excluding hydrogens is 386 g/mol. The summed E-state index contributed by atoms with van der Waals surface area (Å²) in [4.78, 5) is 40.6. The lowest BCUT2D eigenvalue weighted by Crippen LogP contribution is -2.63. The number of nitrogens with one attached hydrogen (secondary N) is 2. The van der Waals surface area contributed by atoms with Crippen LogP contribution in [0.2, 0.25) is 5.02 Å². The molecule has 1 saturated heterocycles. The molecule has 1 aromatic carbocycles. The summed E-state index contributed by atoms with van der Waals surface area (Å²) in [6.45, 7) is 5.13. The average Bonchev–Trinajstić information content (AvgIpc) is 2.98. The number of rotatable bonds is 3. The van der Waals surface area contributed by atoms with Gasteiger partial charge in [0.1, 0.15) is 12.3 Å². The van der Waals surface area contributed by atoms with Crippen LogP contribution in [0.5, 0.6) is 0 Å². The molecule has 0 aliphatic carbocycles. The normalized spacial score (nSPS) is 19.9. The van der Waals surface area contributed by atoms with Crippen molar-refractivity contribution >= 4 is 40.5 Å². The van der Waals surface area contributed by atoms with Gasteiger partial charge < -0.3 is 20.1 Å². The summed E-state index contributed by atoms with van der Waals surface area (Å²) in [5.74, 6) is -0.916. The summed E-state index contributed by atoms with van der Waals surface area (Å²) in [6, 6.07) is 5.46. The van der Waals surface area contributed by atoms with E-state index in [1.807, 2.05) is 0 Å². The second kappa shape index (κ2) is 7.35. The molecule has 0 radical (unpaired) electrons. The Kier molecular flexibility index (Phi) is 5.25. The summed E-state index contributed by atoms with van der Waals surface area (Å²) < 4.78 is 5.08. The smallest absolute Gasteiger partial charge is 0.408 e. The SMILES string of the molecule is CC(C)(C)N(C(=O)O)[C@H]1COC(=O)C[C@@H]1NC(=O)c1cc2cc(Cl)ccc2[nH]1. The van der Waals surface area contributed by atoms with Crippen molar-refractivity contribution in [2.75, 3.05) is 6.61 Å². The van der Waals surface area contributed by atoms with Crippen molar-refractivity contribution in [2.45, 2.75) is 44.8 Å². The zero-order chi connectivity index (χ0) is 20.6. The summed E-state index contributed by atoms with van der Waals surface area (Å²) in [5, 5.41) is 13.8. The lowest BCUT2D eigenvalue weighted by atomic mass is 9.95. The Morgan fingerprint density at radius 2 is 2.04 bits per heavy atom. The molecule has 1 aliphatic heterocycles. The van der Waals surface area contributed by atoms with E-state index in [0.29, 0.717) is 10.7 Å². The fourth-order valence-electron chi connectivity index (χ4n) is 3.47. The van der Waals surface area contributed by atoms with Gasteiger partial charge in [0, 0.05) is 21.5 Å². The number of hydrogen-bond donors (Lipinski definition) is 3. The number of hydrogen-bond acceptors (Lipinski definition) is 4. The van der Waals surface area contributed by atoms with Crippen LogP contribution < -0.4 is 5.32 Å². The van der Waals surface area contributed by atoms with Crippen molar-refractivity contribution in [1.82, 2.24) is 15.2 Å².